The van der Waals surface area contributed by atoms with Gasteiger partial charge in [-0.25, -0.2) is 8.78 Å². The number of halogens is 2. The summed E-state index contributed by atoms with van der Waals surface area (Å²) in [7, 11) is 0. The van der Waals surface area contributed by atoms with Gasteiger partial charge in [-0.3, -0.25) is 4.79 Å². The highest BCUT2D eigenvalue weighted by atomic mass is 19.1. The number of hydrogen-bond donors (Lipinski definition) is 1. The minimum Gasteiger partial charge on any atom is -0.329 e. The molecule has 1 aromatic rings. The Hall–Kier alpha value is -1.29. The minimum absolute atomic E-state index is 0.133. The third kappa shape index (κ3) is 2.29. The molecule has 0 amide bonds. The van der Waals surface area contributed by atoms with Crippen LogP contribution in [0.25, 0.3) is 0 Å². The van der Waals surface area contributed by atoms with E-state index in [0.717, 1.165) is 25.7 Å². The first-order valence-corrected chi connectivity index (χ1v) is 6.25. The summed E-state index contributed by atoms with van der Waals surface area (Å²) in [4.78, 5) is 12.3. The van der Waals surface area contributed by atoms with Crippen LogP contribution in [0.4, 0.5) is 8.78 Å². The summed E-state index contributed by atoms with van der Waals surface area (Å²) in [5.74, 6) is -1.45. The zero-order valence-electron chi connectivity index (χ0n) is 10.2. The quantitative estimate of drug-likeness (QED) is 0.896. The van der Waals surface area contributed by atoms with Gasteiger partial charge in [0, 0.05) is 23.9 Å². The van der Waals surface area contributed by atoms with Crippen LogP contribution in [0.1, 0.15) is 31.2 Å². The van der Waals surface area contributed by atoms with Gasteiger partial charge in [0.1, 0.15) is 17.4 Å². The second kappa shape index (κ2) is 5.14. The lowest BCUT2D eigenvalue weighted by Crippen LogP contribution is -2.37. The third-order valence-electron chi connectivity index (χ3n) is 3.94. The maximum atomic E-state index is 13.5. The van der Waals surface area contributed by atoms with E-state index in [1.165, 1.54) is 18.2 Å². The van der Waals surface area contributed by atoms with E-state index in [2.05, 4.69) is 0 Å². The Morgan fingerprint density at radius 1 is 1.22 bits per heavy atom. The molecule has 2 N–H and O–H groups in total. The number of rotatable bonds is 4. The standard InChI is InChI=1S/C14H17F2NO/c15-11-4-3-5-12(16)10(11)8-13(18)14(9-17)6-1-2-7-14/h3-5H,1-2,6-9,17H2. The average Bonchev–Trinajstić information content (AvgIpc) is 2.84. The number of nitrogens with two attached hydrogens (primary N) is 1. The summed E-state index contributed by atoms with van der Waals surface area (Å²) in [6, 6.07) is 3.65. The molecule has 18 heavy (non-hydrogen) atoms. The molecule has 0 aromatic heterocycles. The fourth-order valence-corrected chi connectivity index (χ4v) is 2.70. The Kier molecular flexibility index (Phi) is 3.76. The molecular formula is C14H17F2NO. The maximum Gasteiger partial charge on any atom is 0.144 e. The molecule has 0 unspecified atom stereocenters. The molecule has 2 nitrogen and oxygen atoms in total. The molecular weight excluding hydrogens is 236 g/mol. The Labute approximate surface area is 105 Å². The summed E-state index contributed by atoms with van der Waals surface area (Å²) in [5, 5.41) is 0. The molecule has 4 heteroatoms. The molecule has 0 saturated heterocycles. The van der Waals surface area contributed by atoms with E-state index >= 15 is 0 Å². The number of ketones is 1. The molecule has 2 rings (SSSR count). The molecule has 0 radical (unpaired) electrons. The predicted molar refractivity (Wildman–Crippen MR) is 65.0 cm³/mol. The summed E-state index contributed by atoms with van der Waals surface area (Å²) >= 11 is 0. The highest BCUT2D eigenvalue weighted by Gasteiger charge is 2.39. The predicted octanol–water partition coefficient (Wildman–Crippen LogP) is 2.60. The van der Waals surface area contributed by atoms with Crippen LogP contribution >= 0.6 is 0 Å². The second-order valence-corrected chi connectivity index (χ2v) is 4.99. The molecule has 1 fully saturated rings. The van der Waals surface area contributed by atoms with Gasteiger partial charge in [0.15, 0.2) is 0 Å². The van der Waals surface area contributed by atoms with Gasteiger partial charge < -0.3 is 5.73 Å². The fourth-order valence-electron chi connectivity index (χ4n) is 2.70. The average molecular weight is 253 g/mol. The van der Waals surface area contributed by atoms with Crippen molar-refractivity contribution in [3.63, 3.8) is 0 Å². The normalized spacial score (nSPS) is 17.9. The molecule has 1 aliphatic rings. The zero-order valence-corrected chi connectivity index (χ0v) is 10.2. The molecule has 0 spiro atoms. The van der Waals surface area contributed by atoms with E-state index < -0.39 is 17.0 Å². The van der Waals surface area contributed by atoms with Crippen LogP contribution in [0.3, 0.4) is 0 Å². The summed E-state index contributed by atoms with van der Waals surface area (Å²) in [6.07, 6.45) is 3.19. The van der Waals surface area contributed by atoms with Gasteiger partial charge in [-0.05, 0) is 25.0 Å². The van der Waals surface area contributed by atoms with Crippen LogP contribution in [0, 0.1) is 17.0 Å². The minimum atomic E-state index is -0.659. The molecule has 0 aliphatic heterocycles. The number of Topliss-reactive ketones (excluding diaryl/α,β-unsaturated/α-hetero) is 1. The highest BCUT2D eigenvalue weighted by molar-refractivity contribution is 5.87. The third-order valence-corrected chi connectivity index (χ3v) is 3.94. The van der Waals surface area contributed by atoms with Crippen molar-refractivity contribution in [3.8, 4) is 0 Å². The Morgan fingerprint density at radius 2 is 1.78 bits per heavy atom. The van der Waals surface area contributed by atoms with Crippen molar-refractivity contribution < 1.29 is 13.6 Å². The van der Waals surface area contributed by atoms with Crippen molar-refractivity contribution in [2.45, 2.75) is 32.1 Å². The van der Waals surface area contributed by atoms with Crippen LogP contribution in [-0.2, 0) is 11.2 Å². The van der Waals surface area contributed by atoms with Gasteiger partial charge in [-0.15, -0.1) is 0 Å². The molecule has 1 aliphatic carbocycles. The van der Waals surface area contributed by atoms with Gasteiger partial charge in [-0.2, -0.15) is 0 Å². The van der Waals surface area contributed by atoms with E-state index in [0.29, 0.717) is 0 Å². The van der Waals surface area contributed by atoms with E-state index in [4.69, 9.17) is 5.73 Å². The van der Waals surface area contributed by atoms with Crippen molar-refractivity contribution in [3.05, 3.63) is 35.4 Å². The van der Waals surface area contributed by atoms with Crippen molar-refractivity contribution in [2.75, 3.05) is 6.54 Å². The van der Waals surface area contributed by atoms with Crippen molar-refractivity contribution >= 4 is 5.78 Å². The highest BCUT2D eigenvalue weighted by Crippen LogP contribution is 2.39. The van der Waals surface area contributed by atoms with Crippen molar-refractivity contribution in [1.29, 1.82) is 0 Å². The monoisotopic (exact) mass is 253 g/mol. The van der Waals surface area contributed by atoms with Gasteiger partial charge in [-0.1, -0.05) is 18.9 Å². The van der Waals surface area contributed by atoms with E-state index in [9.17, 15) is 13.6 Å². The van der Waals surface area contributed by atoms with Gasteiger partial charge >= 0.3 is 0 Å². The lowest BCUT2D eigenvalue weighted by Gasteiger charge is -2.25. The van der Waals surface area contributed by atoms with E-state index in [1.807, 2.05) is 0 Å². The number of benzene rings is 1. The first-order valence-electron chi connectivity index (χ1n) is 6.25. The molecule has 1 saturated carbocycles. The maximum absolute atomic E-state index is 13.5. The SMILES string of the molecule is NCC1(C(=O)Cc2c(F)cccc2F)CCCC1. The summed E-state index contributed by atoms with van der Waals surface area (Å²) < 4.78 is 27.0. The Bertz CT molecular complexity index is 433. The number of hydrogen-bond acceptors (Lipinski definition) is 2. The second-order valence-electron chi connectivity index (χ2n) is 4.99. The Morgan fingerprint density at radius 3 is 2.28 bits per heavy atom. The van der Waals surface area contributed by atoms with E-state index in [-0.39, 0.29) is 24.3 Å². The molecule has 1 aromatic carbocycles. The topological polar surface area (TPSA) is 43.1 Å². The molecule has 0 bridgehead atoms. The summed E-state index contributed by atoms with van der Waals surface area (Å²) in [5.41, 5.74) is 4.99. The van der Waals surface area contributed by atoms with E-state index in [1.54, 1.807) is 0 Å². The van der Waals surface area contributed by atoms with Crippen molar-refractivity contribution in [2.24, 2.45) is 11.1 Å². The van der Waals surface area contributed by atoms with Crippen molar-refractivity contribution in [1.82, 2.24) is 0 Å². The first kappa shape index (κ1) is 13.1. The largest absolute Gasteiger partial charge is 0.329 e. The van der Waals surface area contributed by atoms with Crippen LogP contribution in [0.5, 0.6) is 0 Å². The lowest BCUT2D eigenvalue weighted by molar-refractivity contribution is -0.127. The molecule has 0 heterocycles. The zero-order chi connectivity index (χ0) is 13.2. The Balaban J connectivity index is 2.21. The van der Waals surface area contributed by atoms with Gasteiger partial charge in [0.25, 0.3) is 0 Å². The van der Waals surface area contributed by atoms with Crippen LogP contribution in [0.2, 0.25) is 0 Å². The molecule has 98 valence electrons. The van der Waals surface area contributed by atoms with Gasteiger partial charge in [0.2, 0.25) is 0 Å². The smallest absolute Gasteiger partial charge is 0.144 e. The molecule has 0 atom stereocenters. The van der Waals surface area contributed by atoms with Crippen LogP contribution in [0.15, 0.2) is 18.2 Å². The first-order chi connectivity index (χ1) is 8.59. The number of carbonyl (C=O) groups excluding carboxylic acids is 1. The van der Waals surface area contributed by atoms with Crippen LogP contribution < -0.4 is 5.73 Å². The van der Waals surface area contributed by atoms with Crippen LogP contribution in [-0.4, -0.2) is 12.3 Å². The summed E-state index contributed by atoms with van der Waals surface area (Å²) in [6.45, 7) is 0.266. The fraction of sp³-hybridized carbons (Fsp3) is 0.500. The number of carbonyl (C=O) groups is 1. The van der Waals surface area contributed by atoms with Gasteiger partial charge in [0.05, 0.1) is 0 Å². The lowest BCUT2D eigenvalue weighted by atomic mass is 9.79.